The van der Waals surface area contributed by atoms with Crippen molar-refractivity contribution in [1.29, 1.82) is 0 Å². The Hall–Kier alpha value is -1.32. The van der Waals surface area contributed by atoms with E-state index in [-0.39, 0.29) is 16.3 Å². The third kappa shape index (κ3) is 4.69. The van der Waals surface area contributed by atoms with E-state index in [1.807, 2.05) is 6.26 Å². The van der Waals surface area contributed by atoms with Crippen molar-refractivity contribution in [1.82, 2.24) is 0 Å². The summed E-state index contributed by atoms with van der Waals surface area (Å²) in [5, 5.41) is 18.6. The molecule has 0 fully saturated rings. The van der Waals surface area contributed by atoms with Gasteiger partial charge in [0.15, 0.2) is 0 Å². The van der Waals surface area contributed by atoms with Gasteiger partial charge < -0.3 is 5.32 Å². The number of rotatable bonds is 7. The van der Waals surface area contributed by atoms with Crippen LogP contribution in [-0.2, 0) is 10.0 Å². The number of nitro benzene ring substituents is 1. The summed E-state index contributed by atoms with van der Waals surface area (Å²) in [5.41, 5.74) is -0.0205. The van der Waals surface area contributed by atoms with Gasteiger partial charge in [-0.1, -0.05) is 0 Å². The zero-order valence-corrected chi connectivity index (χ0v) is 12.0. The first-order valence-electron chi connectivity index (χ1n) is 5.40. The Morgan fingerprint density at radius 2 is 2.16 bits per heavy atom. The average molecular weight is 305 g/mol. The van der Waals surface area contributed by atoms with Gasteiger partial charge in [-0.3, -0.25) is 10.1 Å². The van der Waals surface area contributed by atoms with Gasteiger partial charge in [0.25, 0.3) is 5.69 Å². The minimum absolute atomic E-state index is 0.258. The molecule has 9 heteroatoms. The standard InChI is InChI=1S/C10H15N3O4S2/c1-18-6-2-5-12-9-4-3-8(13(14)15)7-10(9)19(11,16)17/h3-4,7,12H,2,5-6H2,1H3,(H2,11,16,17). The third-order valence-corrected chi connectivity index (χ3v) is 3.97. The highest BCUT2D eigenvalue weighted by Gasteiger charge is 2.18. The van der Waals surface area contributed by atoms with Gasteiger partial charge in [0, 0.05) is 18.7 Å². The predicted molar refractivity (Wildman–Crippen MR) is 76.0 cm³/mol. The fraction of sp³-hybridized carbons (Fsp3) is 0.400. The fourth-order valence-corrected chi connectivity index (χ4v) is 2.61. The highest BCUT2D eigenvalue weighted by Crippen LogP contribution is 2.25. The van der Waals surface area contributed by atoms with Gasteiger partial charge in [0.1, 0.15) is 4.90 Å². The molecular weight excluding hydrogens is 290 g/mol. The number of thioether (sulfide) groups is 1. The number of non-ortho nitro benzene ring substituents is 1. The zero-order chi connectivity index (χ0) is 14.5. The van der Waals surface area contributed by atoms with E-state index >= 15 is 0 Å². The Morgan fingerprint density at radius 3 is 2.68 bits per heavy atom. The maximum absolute atomic E-state index is 11.4. The molecule has 19 heavy (non-hydrogen) atoms. The van der Waals surface area contributed by atoms with Gasteiger partial charge in [-0.05, 0) is 24.5 Å². The normalized spacial score (nSPS) is 11.3. The summed E-state index contributed by atoms with van der Waals surface area (Å²) >= 11 is 1.68. The van der Waals surface area contributed by atoms with Gasteiger partial charge >= 0.3 is 0 Å². The van der Waals surface area contributed by atoms with E-state index in [1.165, 1.54) is 12.1 Å². The minimum atomic E-state index is -4.00. The monoisotopic (exact) mass is 305 g/mol. The minimum Gasteiger partial charge on any atom is -0.384 e. The summed E-state index contributed by atoms with van der Waals surface area (Å²) in [6.07, 6.45) is 2.82. The van der Waals surface area contributed by atoms with Crippen molar-refractivity contribution in [3.63, 3.8) is 0 Å². The lowest BCUT2D eigenvalue weighted by molar-refractivity contribution is -0.385. The Morgan fingerprint density at radius 1 is 1.47 bits per heavy atom. The Kier molecular flexibility index (Phi) is 5.58. The third-order valence-electron chi connectivity index (χ3n) is 2.32. The number of nitrogens with two attached hydrogens (primary N) is 1. The second kappa shape index (κ2) is 6.73. The van der Waals surface area contributed by atoms with Crippen LogP contribution < -0.4 is 10.5 Å². The predicted octanol–water partition coefficient (Wildman–Crippen LogP) is 1.41. The van der Waals surface area contributed by atoms with Crippen LogP contribution in [0.25, 0.3) is 0 Å². The van der Waals surface area contributed by atoms with E-state index in [0.29, 0.717) is 6.54 Å². The molecule has 0 aromatic heterocycles. The molecule has 1 aromatic rings. The van der Waals surface area contributed by atoms with Crippen molar-refractivity contribution in [3.05, 3.63) is 28.3 Å². The number of nitrogens with zero attached hydrogens (tertiary/aromatic N) is 1. The van der Waals surface area contributed by atoms with Crippen molar-refractivity contribution >= 4 is 33.2 Å². The summed E-state index contributed by atoms with van der Waals surface area (Å²) < 4.78 is 22.9. The lowest BCUT2D eigenvalue weighted by atomic mass is 10.3. The number of nitro groups is 1. The summed E-state index contributed by atoms with van der Waals surface area (Å²) in [7, 11) is -4.00. The Bertz CT molecular complexity index is 560. The molecule has 0 aliphatic heterocycles. The highest BCUT2D eigenvalue weighted by molar-refractivity contribution is 7.98. The zero-order valence-electron chi connectivity index (χ0n) is 10.3. The van der Waals surface area contributed by atoms with Gasteiger partial charge in [-0.15, -0.1) is 0 Å². The van der Waals surface area contributed by atoms with Crippen LogP contribution in [0.2, 0.25) is 0 Å². The molecule has 3 N–H and O–H groups in total. The largest absolute Gasteiger partial charge is 0.384 e. The van der Waals surface area contributed by atoms with E-state index < -0.39 is 14.9 Å². The second-order valence-electron chi connectivity index (χ2n) is 3.76. The van der Waals surface area contributed by atoms with E-state index in [1.54, 1.807) is 11.8 Å². The first kappa shape index (κ1) is 15.7. The van der Waals surface area contributed by atoms with Crippen LogP contribution in [0.3, 0.4) is 0 Å². The molecule has 106 valence electrons. The summed E-state index contributed by atoms with van der Waals surface area (Å²) in [6.45, 7) is 0.571. The van der Waals surface area contributed by atoms with Crippen molar-refractivity contribution in [2.45, 2.75) is 11.3 Å². The molecule has 0 atom stereocenters. The van der Waals surface area contributed by atoms with Crippen LogP contribution in [0.15, 0.2) is 23.1 Å². The smallest absolute Gasteiger partial charge is 0.270 e. The lowest BCUT2D eigenvalue weighted by Gasteiger charge is -2.10. The van der Waals surface area contributed by atoms with Crippen molar-refractivity contribution in [2.75, 3.05) is 23.9 Å². The molecule has 0 amide bonds. The van der Waals surface area contributed by atoms with Crippen LogP contribution in [0, 0.1) is 10.1 Å². The van der Waals surface area contributed by atoms with E-state index in [9.17, 15) is 18.5 Å². The van der Waals surface area contributed by atoms with Crippen LogP contribution in [-0.4, -0.2) is 31.9 Å². The number of nitrogens with one attached hydrogen (secondary N) is 1. The topological polar surface area (TPSA) is 115 Å². The molecule has 1 rings (SSSR count). The van der Waals surface area contributed by atoms with Crippen LogP contribution in [0.1, 0.15) is 6.42 Å². The molecule has 0 saturated carbocycles. The molecule has 0 aliphatic rings. The number of primary sulfonamides is 1. The SMILES string of the molecule is CSCCCNc1ccc([N+](=O)[O-])cc1S(N)(=O)=O. The number of anilines is 1. The van der Waals surface area contributed by atoms with Gasteiger partial charge in [0.2, 0.25) is 10.0 Å². The summed E-state index contributed by atoms with van der Waals surface area (Å²) in [4.78, 5) is 9.72. The second-order valence-corrected chi connectivity index (χ2v) is 6.27. The molecule has 0 aliphatic carbocycles. The van der Waals surface area contributed by atoms with E-state index in [2.05, 4.69) is 5.32 Å². The quantitative estimate of drug-likeness (QED) is 0.447. The van der Waals surface area contributed by atoms with Crippen molar-refractivity contribution < 1.29 is 13.3 Å². The molecule has 0 heterocycles. The number of sulfonamides is 1. The molecule has 0 radical (unpaired) electrons. The maximum Gasteiger partial charge on any atom is 0.270 e. The Labute approximate surface area is 115 Å². The molecule has 7 nitrogen and oxygen atoms in total. The van der Waals surface area contributed by atoms with E-state index in [0.717, 1.165) is 18.2 Å². The van der Waals surface area contributed by atoms with Crippen LogP contribution in [0.4, 0.5) is 11.4 Å². The van der Waals surface area contributed by atoms with Gasteiger partial charge in [0.05, 0.1) is 10.6 Å². The first-order valence-corrected chi connectivity index (χ1v) is 8.34. The van der Waals surface area contributed by atoms with Crippen molar-refractivity contribution in [2.24, 2.45) is 5.14 Å². The van der Waals surface area contributed by atoms with Gasteiger partial charge in [-0.25, -0.2) is 13.6 Å². The summed E-state index contributed by atoms with van der Waals surface area (Å²) in [5.74, 6) is 0.935. The molecule has 0 spiro atoms. The molecule has 0 saturated heterocycles. The fourth-order valence-electron chi connectivity index (χ4n) is 1.45. The summed E-state index contributed by atoms with van der Waals surface area (Å²) in [6, 6.07) is 3.56. The maximum atomic E-state index is 11.4. The molecule has 1 aromatic carbocycles. The lowest BCUT2D eigenvalue weighted by Crippen LogP contribution is -2.16. The average Bonchev–Trinajstić information content (AvgIpc) is 2.33. The molecular formula is C10H15N3O4S2. The first-order chi connectivity index (χ1) is 8.86. The van der Waals surface area contributed by atoms with Gasteiger partial charge in [-0.2, -0.15) is 11.8 Å². The Balaban J connectivity index is 3.00. The van der Waals surface area contributed by atoms with Crippen LogP contribution in [0.5, 0.6) is 0 Å². The number of hydrogen-bond acceptors (Lipinski definition) is 6. The number of hydrogen-bond donors (Lipinski definition) is 2. The highest BCUT2D eigenvalue weighted by atomic mass is 32.2. The van der Waals surface area contributed by atoms with Crippen LogP contribution >= 0.6 is 11.8 Å². The molecule has 0 bridgehead atoms. The van der Waals surface area contributed by atoms with Crippen molar-refractivity contribution in [3.8, 4) is 0 Å². The number of benzene rings is 1. The van der Waals surface area contributed by atoms with E-state index in [4.69, 9.17) is 5.14 Å². The molecule has 0 unspecified atom stereocenters.